The fourth-order valence-electron chi connectivity index (χ4n) is 7.03. The number of fused-ring (bicyclic) bond motifs is 1. The number of hydrogen-bond donors (Lipinski definition) is 5. The van der Waals surface area contributed by atoms with Gasteiger partial charge in [0.25, 0.3) is 0 Å². The Balaban J connectivity index is 0.000000310. The number of hydrogen-bond acceptors (Lipinski definition) is 8. The van der Waals surface area contributed by atoms with E-state index in [1.807, 2.05) is 21.0 Å². The molecule has 0 spiro atoms. The number of carboxylic acids is 1. The van der Waals surface area contributed by atoms with Crippen LogP contribution in [0.1, 0.15) is 57.1 Å². The minimum atomic E-state index is -1.05. The zero-order chi connectivity index (χ0) is 30.4. The average molecular weight is 603 g/mol. The van der Waals surface area contributed by atoms with Crippen LogP contribution in [0.2, 0.25) is 0 Å². The fraction of sp³-hybridized carbons (Fsp3) is 0.688. The number of aliphatic hydroxyl groups excluding tert-OH is 2. The van der Waals surface area contributed by atoms with Crippen molar-refractivity contribution in [1.29, 1.82) is 0 Å². The van der Waals surface area contributed by atoms with E-state index in [0.29, 0.717) is 17.8 Å². The van der Waals surface area contributed by atoms with Gasteiger partial charge in [-0.1, -0.05) is 31.2 Å². The molecule has 5 rings (SSSR count). The number of carbonyl (C=O) groups is 2. The Morgan fingerprint density at radius 1 is 1.05 bits per heavy atom. The topological polar surface area (TPSA) is 125 Å². The van der Waals surface area contributed by atoms with Gasteiger partial charge < -0.3 is 30.9 Å². The van der Waals surface area contributed by atoms with Crippen molar-refractivity contribution >= 4 is 23.6 Å². The Morgan fingerprint density at radius 2 is 1.69 bits per heavy atom. The third-order valence-corrected chi connectivity index (χ3v) is 10.9. The second-order valence-electron chi connectivity index (χ2n) is 12.5. The maximum absolute atomic E-state index is 12.5. The van der Waals surface area contributed by atoms with E-state index in [1.54, 1.807) is 18.7 Å². The largest absolute Gasteiger partial charge is 0.477 e. The predicted octanol–water partition coefficient (Wildman–Crippen LogP) is 2.87. The molecular formula is C32H50N4O5S. The van der Waals surface area contributed by atoms with E-state index in [-0.39, 0.29) is 23.6 Å². The first-order chi connectivity index (χ1) is 20.2. The lowest BCUT2D eigenvalue weighted by Gasteiger charge is -2.46. The molecule has 10 heteroatoms. The first-order valence-electron chi connectivity index (χ1n) is 15.5. The van der Waals surface area contributed by atoms with Crippen LogP contribution in [0.15, 0.2) is 34.9 Å². The lowest BCUT2D eigenvalue weighted by molar-refractivity contribution is -0.163. The molecule has 3 aliphatic heterocycles. The van der Waals surface area contributed by atoms with Crippen molar-refractivity contribution in [2.75, 3.05) is 40.3 Å². The number of amides is 1. The molecular weight excluding hydrogens is 552 g/mol. The summed E-state index contributed by atoms with van der Waals surface area (Å²) in [6.45, 7) is 8.75. The van der Waals surface area contributed by atoms with E-state index < -0.39 is 18.0 Å². The van der Waals surface area contributed by atoms with Gasteiger partial charge in [0, 0.05) is 42.3 Å². The summed E-state index contributed by atoms with van der Waals surface area (Å²) < 4.78 is 0. The van der Waals surface area contributed by atoms with E-state index in [2.05, 4.69) is 39.8 Å². The molecule has 0 unspecified atom stereocenters. The zero-order valence-electron chi connectivity index (χ0n) is 25.6. The van der Waals surface area contributed by atoms with E-state index in [9.17, 15) is 19.8 Å². The SMILES string of the molecule is CNCC1CCC(CO)CC1.CNCc1ccc(CN2CC[C@@H](SC3=C(C(=O)O)N4C(=O)[C@H]([C@@H](C)O)[C@H]4[C@H]3C)C2)cc1. The highest BCUT2D eigenvalue weighted by Gasteiger charge is 2.60. The number of β-lactam (4-membered cyclic amide) rings is 1. The summed E-state index contributed by atoms with van der Waals surface area (Å²) in [5.74, 6) is -0.429. The second-order valence-corrected chi connectivity index (χ2v) is 13.9. The molecule has 1 aromatic carbocycles. The molecule has 0 bridgehead atoms. The van der Waals surface area contributed by atoms with E-state index >= 15 is 0 Å². The summed E-state index contributed by atoms with van der Waals surface area (Å²) >= 11 is 1.62. The minimum absolute atomic E-state index is 0.0674. The molecule has 1 aromatic rings. The highest BCUT2D eigenvalue weighted by atomic mass is 32.2. The van der Waals surface area contributed by atoms with Gasteiger partial charge in [-0.05, 0) is 89.2 Å². The smallest absolute Gasteiger partial charge is 0.353 e. The van der Waals surface area contributed by atoms with Crippen molar-refractivity contribution < 1.29 is 24.9 Å². The van der Waals surface area contributed by atoms with Crippen LogP contribution < -0.4 is 10.6 Å². The van der Waals surface area contributed by atoms with Crippen LogP contribution in [-0.2, 0) is 22.7 Å². The standard InChI is InChI=1S/C23H31N3O4S.C9H19NO/c1-13-19-18(14(2)27)22(28)26(19)20(23(29)30)21(13)31-17-8-9-25(12-17)11-16-6-4-15(5-7-16)10-24-3;1-10-6-8-2-4-9(7-11)5-3-8/h4-7,13-14,17-19,24,27H,8-12H2,1-3H3,(H,29,30);8-11H,2-7H2,1H3/t13-,14-,17-,18-,19-;/m1./s1. The molecule has 1 aliphatic carbocycles. The van der Waals surface area contributed by atoms with Crippen LogP contribution in [0.3, 0.4) is 0 Å². The van der Waals surface area contributed by atoms with Gasteiger partial charge in [0.1, 0.15) is 5.70 Å². The van der Waals surface area contributed by atoms with Crippen LogP contribution in [0.5, 0.6) is 0 Å². The summed E-state index contributed by atoms with van der Waals surface area (Å²) in [6, 6.07) is 8.40. The van der Waals surface area contributed by atoms with E-state index in [0.717, 1.165) is 50.0 Å². The van der Waals surface area contributed by atoms with Gasteiger partial charge in [0.15, 0.2) is 0 Å². The molecule has 4 aliphatic rings. The Bertz CT molecular complexity index is 1090. The molecule has 3 fully saturated rings. The third kappa shape index (κ3) is 7.57. The molecule has 3 heterocycles. The molecule has 0 aromatic heterocycles. The van der Waals surface area contributed by atoms with Gasteiger partial charge in [-0.15, -0.1) is 11.8 Å². The summed E-state index contributed by atoms with van der Waals surface area (Å²) in [4.78, 5) is 29.1. The van der Waals surface area contributed by atoms with Crippen LogP contribution >= 0.6 is 11.8 Å². The van der Waals surface area contributed by atoms with Crippen molar-refractivity contribution in [3.8, 4) is 0 Å². The van der Waals surface area contributed by atoms with Gasteiger partial charge in [-0.25, -0.2) is 4.79 Å². The molecule has 1 saturated carbocycles. The van der Waals surface area contributed by atoms with Gasteiger partial charge in [-0.2, -0.15) is 0 Å². The number of aliphatic carboxylic acids is 1. The third-order valence-electron chi connectivity index (χ3n) is 9.36. The average Bonchev–Trinajstić information content (AvgIpc) is 3.50. The summed E-state index contributed by atoms with van der Waals surface area (Å²) in [6.07, 6.45) is 5.27. The fourth-order valence-corrected chi connectivity index (χ4v) is 8.55. The maximum atomic E-state index is 12.5. The number of nitrogens with one attached hydrogen (secondary N) is 2. The van der Waals surface area contributed by atoms with Crippen LogP contribution in [-0.4, -0.2) is 94.7 Å². The van der Waals surface area contributed by atoms with Gasteiger partial charge >= 0.3 is 5.97 Å². The molecule has 234 valence electrons. The highest BCUT2D eigenvalue weighted by molar-refractivity contribution is 8.03. The molecule has 42 heavy (non-hydrogen) atoms. The summed E-state index contributed by atoms with van der Waals surface area (Å²) in [5.41, 5.74) is 2.67. The Labute approximate surface area is 255 Å². The number of thioether (sulfide) groups is 1. The van der Waals surface area contributed by atoms with Gasteiger partial charge in [-0.3, -0.25) is 9.69 Å². The van der Waals surface area contributed by atoms with Crippen molar-refractivity contribution in [2.24, 2.45) is 23.7 Å². The van der Waals surface area contributed by atoms with Crippen molar-refractivity contribution in [3.05, 3.63) is 46.0 Å². The monoisotopic (exact) mass is 602 g/mol. The highest BCUT2D eigenvalue weighted by Crippen LogP contribution is 2.52. The molecule has 9 nitrogen and oxygen atoms in total. The molecule has 2 saturated heterocycles. The van der Waals surface area contributed by atoms with Crippen molar-refractivity contribution in [1.82, 2.24) is 20.4 Å². The number of carbonyl (C=O) groups excluding carboxylic acids is 1. The summed E-state index contributed by atoms with van der Waals surface area (Å²) in [5, 5.41) is 35.4. The second kappa shape index (κ2) is 15.2. The number of nitrogens with zero attached hydrogens (tertiary/aromatic N) is 2. The number of carboxylic acid groups (broad SMARTS) is 1. The quantitative estimate of drug-likeness (QED) is 0.243. The lowest BCUT2D eigenvalue weighted by atomic mass is 9.79. The van der Waals surface area contributed by atoms with Crippen LogP contribution in [0.4, 0.5) is 0 Å². The van der Waals surface area contributed by atoms with Crippen LogP contribution in [0, 0.1) is 23.7 Å². The molecule has 0 radical (unpaired) electrons. The predicted molar refractivity (Wildman–Crippen MR) is 167 cm³/mol. The normalized spacial score (nSPS) is 30.0. The van der Waals surface area contributed by atoms with Crippen molar-refractivity contribution in [2.45, 2.75) is 76.4 Å². The Morgan fingerprint density at radius 3 is 2.26 bits per heavy atom. The number of aliphatic hydroxyl groups is 2. The number of likely N-dealkylation sites (tertiary alicyclic amines) is 1. The summed E-state index contributed by atoms with van der Waals surface area (Å²) in [7, 11) is 3.95. The van der Waals surface area contributed by atoms with E-state index in [4.69, 9.17) is 5.11 Å². The van der Waals surface area contributed by atoms with E-state index in [1.165, 1.54) is 41.7 Å². The lowest BCUT2D eigenvalue weighted by Crippen LogP contribution is -2.63. The minimum Gasteiger partial charge on any atom is -0.477 e. The van der Waals surface area contributed by atoms with Crippen molar-refractivity contribution in [3.63, 3.8) is 0 Å². The molecule has 5 N–H and O–H groups in total. The first kappa shape index (κ1) is 33.0. The maximum Gasteiger partial charge on any atom is 0.353 e. The Hall–Kier alpha value is -1.95. The van der Waals surface area contributed by atoms with Gasteiger partial charge in [0.2, 0.25) is 5.91 Å². The number of benzene rings is 1. The Kier molecular flexibility index (Phi) is 11.9. The molecule has 1 amide bonds. The zero-order valence-corrected chi connectivity index (χ0v) is 26.4. The number of rotatable bonds is 11. The van der Waals surface area contributed by atoms with Gasteiger partial charge in [0.05, 0.1) is 18.1 Å². The first-order valence-corrected chi connectivity index (χ1v) is 16.4. The molecule has 5 atom stereocenters. The van der Waals surface area contributed by atoms with Crippen LogP contribution in [0.25, 0.3) is 0 Å².